The van der Waals surface area contributed by atoms with Gasteiger partial charge in [-0.05, 0) is 42.5 Å². The van der Waals surface area contributed by atoms with Gasteiger partial charge in [-0.1, -0.05) is 11.6 Å². The summed E-state index contributed by atoms with van der Waals surface area (Å²) in [5, 5.41) is 22.8. The summed E-state index contributed by atoms with van der Waals surface area (Å²) in [5.74, 6) is -2.16. The van der Waals surface area contributed by atoms with E-state index in [4.69, 9.17) is 16.7 Å². The Kier molecular flexibility index (Phi) is 4.71. The minimum atomic E-state index is -0.986. The lowest BCUT2D eigenvalue weighted by atomic mass is 10.0. The quantitative estimate of drug-likeness (QED) is 0.854. The van der Waals surface area contributed by atoms with E-state index in [1.807, 2.05) is 0 Å². The average Bonchev–Trinajstić information content (AvgIpc) is 3.00. The number of amides is 1. The second-order valence-corrected chi connectivity index (χ2v) is 5.24. The molecular formula is C13H14ClN5O3. The Bertz CT molecular complexity index is 689. The summed E-state index contributed by atoms with van der Waals surface area (Å²) in [7, 11) is 0. The topological polar surface area (TPSA) is 110 Å². The summed E-state index contributed by atoms with van der Waals surface area (Å²) in [5.41, 5.74) is 0.700. The Morgan fingerprint density at radius 1 is 1.36 bits per heavy atom. The van der Waals surface area contributed by atoms with Gasteiger partial charge in [-0.2, -0.15) is 4.68 Å². The van der Waals surface area contributed by atoms with Crippen LogP contribution in [0.3, 0.4) is 0 Å². The summed E-state index contributed by atoms with van der Waals surface area (Å²) >= 11 is 5.94. The number of carboxylic acid groups (broad SMARTS) is 1. The van der Waals surface area contributed by atoms with Crippen molar-refractivity contribution in [2.75, 3.05) is 0 Å². The Labute approximate surface area is 131 Å². The summed E-state index contributed by atoms with van der Waals surface area (Å²) in [4.78, 5) is 23.4. The fourth-order valence-electron chi connectivity index (χ4n) is 1.78. The molecule has 8 nitrogen and oxygen atoms in total. The number of hydrogen-bond acceptors (Lipinski definition) is 5. The molecule has 0 saturated carbocycles. The van der Waals surface area contributed by atoms with Gasteiger partial charge in [0.1, 0.15) is 6.33 Å². The predicted octanol–water partition coefficient (Wildman–Crippen LogP) is 1.15. The number of halogens is 1. The van der Waals surface area contributed by atoms with Gasteiger partial charge in [0.15, 0.2) is 0 Å². The molecule has 1 aromatic heterocycles. The van der Waals surface area contributed by atoms with Gasteiger partial charge in [0.25, 0.3) is 5.91 Å². The smallest absolute Gasteiger partial charge is 0.308 e. The van der Waals surface area contributed by atoms with Crippen LogP contribution < -0.4 is 5.32 Å². The van der Waals surface area contributed by atoms with Crippen molar-refractivity contribution < 1.29 is 14.7 Å². The predicted molar refractivity (Wildman–Crippen MR) is 77.9 cm³/mol. The van der Waals surface area contributed by atoms with Crippen molar-refractivity contribution in [3.8, 4) is 5.69 Å². The maximum absolute atomic E-state index is 12.4. The van der Waals surface area contributed by atoms with E-state index in [1.54, 1.807) is 19.1 Å². The highest BCUT2D eigenvalue weighted by atomic mass is 35.5. The standard InChI is InChI=1S/C13H14ClN5O3/c1-7(13(21)22)8(2)16-12(20)10-5-9(14)3-4-11(10)19-6-15-17-18-19/h3-8H,1-2H3,(H,16,20)(H,21,22). The third-order valence-corrected chi connectivity index (χ3v) is 3.53. The fraction of sp³-hybridized carbons (Fsp3) is 0.308. The molecule has 116 valence electrons. The molecule has 2 unspecified atom stereocenters. The highest BCUT2D eigenvalue weighted by Crippen LogP contribution is 2.19. The van der Waals surface area contributed by atoms with Crippen LogP contribution in [0.1, 0.15) is 24.2 Å². The summed E-state index contributed by atoms with van der Waals surface area (Å²) in [6.07, 6.45) is 1.35. The fourth-order valence-corrected chi connectivity index (χ4v) is 1.96. The molecule has 22 heavy (non-hydrogen) atoms. The molecule has 0 radical (unpaired) electrons. The van der Waals surface area contributed by atoms with E-state index < -0.39 is 23.8 Å². The highest BCUT2D eigenvalue weighted by Gasteiger charge is 2.23. The first-order valence-electron chi connectivity index (χ1n) is 6.46. The molecule has 2 atom stereocenters. The van der Waals surface area contributed by atoms with Gasteiger partial charge in [-0.25, -0.2) is 0 Å². The van der Waals surface area contributed by atoms with Crippen molar-refractivity contribution in [2.45, 2.75) is 19.9 Å². The van der Waals surface area contributed by atoms with Crippen LogP contribution in [-0.4, -0.2) is 43.2 Å². The van der Waals surface area contributed by atoms with Gasteiger partial charge in [0.2, 0.25) is 0 Å². The first-order valence-corrected chi connectivity index (χ1v) is 6.84. The van der Waals surface area contributed by atoms with Crippen LogP contribution in [0.4, 0.5) is 0 Å². The molecule has 2 N–H and O–H groups in total. The summed E-state index contributed by atoms with van der Waals surface area (Å²) in [6, 6.07) is 4.15. The molecule has 2 rings (SSSR count). The average molecular weight is 324 g/mol. The lowest BCUT2D eigenvalue weighted by Crippen LogP contribution is -2.40. The molecule has 9 heteroatoms. The number of carbonyl (C=O) groups excluding carboxylic acids is 1. The van der Waals surface area contributed by atoms with E-state index in [9.17, 15) is 9.59 Å². The number of carbonyl (C=O) groups is 2. The van der Waals surface area contributed by atoms with E-state index in [-0.39, 0.29) is 5.56 Å². The first kappa shape index (κ1) is 15.9. The highest BCUT2D eigenvalue weighted by molar-refractivity contribution is 6.31. The minimum absolute atomic E-state index is 0.254. The van der Waals surface area contributed by atoms with Crippen molar-refractivity contribution in [2.24, 2.45) is 5.92 Å². The van der Waals surface area contributed by atoms with Crippen molar-refractivity contribution in [1.82, 2.24) is 25.5 Å². The van der Waals surface area contributed by atoms with Crippen molar-refractivity contribution in [1.29, 1.82) is 0 Å². The van der Waals surface area contributed by atoms with E-state index in [1.165, 1.54) is 24.0 Å². The van der Waals surface area contributed by atoms with Crippen molar-refractivity contribution in [3.63, 3.8) is 0 Å². The number of aromatic nitrogens is 4. The molecule has 0 bridgehead atoms. The number of tetrazole rings is 1. The second-order valence-electron chi connectivity index (χ2n) is 4.80. The Hall–Kier alpha value is -2.48. The lowest BCUT2D eigenvalue weighted by Gasteiger charge is -2.18. The van der Waals surface area contributed by atoms with Gasteiger partial charge in [-0.3, -0.25) is 9.59 Å². The van der Waals surface area contributed by atoms with Gasteiger partial charge < -0.3 is 10.4 Å². The van der Waals surface area contributed by atoms with Crippen molar-refractivity contribution >= 4 is 23.5 Å². The summed E-state index contributed by atoms with van der Waals surface area (Å²) in [6.45, 7) is 3.14. The number of aliphatic carboxylic acids is 1. The molecular weight excluding hydrogens is 310 g/mol. The monoisotopic (exact) mass is 323 g/mol. The molecule has 1 aromatic carbocycles. The van der Waals surface area contributed by atoms with Gasteiger partial charge in [0, 0.05) is 11.1 Å². The Balaban J connectivity index is 2.30. The van der Waals surface area contributed by atoms with E-state index in [0.29, 0.717) is 10.7 Å². The largest absolute Gasteiger partial charge is 0.481 e. The van der Waals surface area contributed by atoms with Crippen LogP contribution in [0.15, 0.2) is 24.5 Å². The van der Waals surface area contributed by atoms with Crippen LogP contribution in [0.5, 0.6) is 0 Å². The van der Waals surface area contributed by atoms with E-state index >= 15 is 0 Å². The maximum atomic E-state index is 12.4. The van der Waals surface area contributed by atoms with Gasteiger partial charge in [0.05, 0.1) is 17.2 Å². The zero-order valence-corrected chi connectivity index (χ0v) is 12.7. The normalized spacial score (nSPS) is 13.4. The third-order valence-electron chi connectivity index (χ3n) is 3.30. The zero-order chi connectivity index (χ0) is 16.3. The number of benzene rings is 1. The number of nitrogens with zero attached hydrogens (tertiary/aromatic N) is 4. The number of carboxylic acids is 1. The number of nitrogens with one attached hydrogen (secondary N) is 1. The Morgan fingerprint density at radius 2 is 2.09 bits per heavy atom. The molecule has 1 heterocycles. The van der Waals surface area contributed by atoms with Crippen LogP contribution in [0, 0.1) is 5.92 Å². The molecule has 0 spiro atoms. The van der Waals surface area contributed by atoms with Gasteiger partial charge >= 0.3 is 5.97 Å². The van der Waals surface area contributed by atoms with Crippen molar-refractivity contribution in [3.05, 3.63) is 35.1 Å². The third kappa shape index (κ3) is 3.40. The van der Waals surface area contributed by atoms with Crippen LogP contribution in [0.25, 0.3) is 5.69 Å². The summed E-state index contributed by atoms with van der Waals surface area (Å²) < 4.78 is 1.33. The number of hydrogen-bond donors (Lipinski definition) is 2. The molecule has 2 aromatic rings. The van der Waals surface area contributed by atoms with Crippen LogP contribution >= 0.6 is 11.6 Å². The van der Waals surface area contributed by atoms with Gasteiger partial charge in [-0.15, -0.1) is 5.10 Å². The molecule has 0 aliphatic carbocycles. The van der Waals surface area contributed by atoms with Crippen LogP contribution in [0.2, 0.25) is 5.02 Å². The molecule has 0 fully saturated rings. The Morgan fingerprint density at radius 3 is 2.68 bits per heavy atom. The van der Waals surface area contributed by atoms with E-state index in [0.717, 1.165) is 0 Å². The second kappa shape index (κ2) is 6.52. The van der Waals surface area contributed by atoms with Crippen LogP contribution in [-0.2, 0) is 4.79 Å². The minimum Gasteiger partial charge on any atom is -0.481 e. The van der Waals surface area contributed by atoms with E-state index in [2.05, 4.69) is 20.8 Å². The molecule has 0 aliphatic heterocycles. The number of rotatable bonds is 5. The first-order chi connectivity index (χ1) is 10.4. The lowest BCUT2D eigenvalue weighted by molar-refractivity contribution is -0.141. The molecule has 0 aliphatic rings. The SMILES string of the molecule is CC(NC(=O)c1cc(Cl)ccc1-n1cnnn1)C(C)C(=O)O. The molecule has 1 amide bonds. The zero-order valence-electron chi connectivity index (χ0n) is 11.9. The molecule has 0 saturated heterocycles. The maximum Gasteiger partial charge on any atom is 0.308 e.